The van der Waals surface area contributed by atoms with Crippen molar-refractivity contribution in [1.82, 2.24) is 10.3 Å². The van der Waals surface area contributed by atoms with Crippen LogP contribution >= 0.6 is 0 Å². The summed E-state index contributed by atoms with van der Waals surface area (Å²) in [5.41, 5.74) is 0.824. The Balaban J connectivity index is 1.96. The van der Waals surface area contributed by atoms with E-state index in [1.54, 1.807) is 12.1 Å². The van der Waals surface area contributed by atoms with E-state index in [2.05, 4.69) is 15.0 Å². The third-order valence-electron chi connectivity index (χ3n) is 3.36. The number of H-pyrrole nitrogens is 1. The molecule has 2 N–H and O–H groups in total. The van der Waals surface area contributed by atoms with E-state index in [0.717, 1.165) is 5.69 Å². The maximum atomic E-state index is 11.5. The molecule has 0 bridgehead atoms. The summed E-state index contributed by atoms with van der Waals surface area (Å²) in [6, 6.07) is 3.43. The van der Waals surface area contributed by atoms with Crippen LogP contribution in [0.3, 0.4) is 0 Å². The van der Waals surface area contributed by atoms with Gasteiger partial charge in [-0.2, -0.15) is 0 Å². The molecule has 19 heavy (non-hydrogen) atoms. The van der Waals surface area contributed by atoms with Gasteiger partial charge in [-0.3, -0.25) is 0 Å². The van der Waals surface area contributed by atoms with Crippen LogP contribution in [0.1, 0.15) is 29.5 Å². The Morgan fingerprint density at radius 1 is 1.53 bits per heavy atom. The summed E-state index contributed by atoms with van der Waals surface area (Å²) in [7, 11) is -1.59. The first-order valence-electron chi connectivity index (χ1n) is 6.05. The Labute approximate surface area is 112 Å². The Morgan fingerprint density at radius 2 is 2.26 bits per heavy atom. The van der Waals surface area contributed by atoms with Crippen molar-refractivity contribution in [2.75, 3.05) is 18.6 Å². The molecule has 2 heterocycles. The van der Waals surface area contributed by atoms with Crippen LogP contribution in [-0.2, 0) is 21.1 Å². The summed E-state index contributed by atoms with van der Waals surface area (Å²) in [6.45, 7) is 2.39. The minimum Gasteiger partial charge on any atom is -0.464 e. The summed E-state index contributed by atoms with van der Waals surface area (Å²) >= 11 is 0. The number of ether oxygens (including phenoxy) is 1. The van der Waals surface area contributed by atoms with Crippen LogP contribution in [0, 0.1) is 0 Å². The Kier molecular flexibility index (Phi) is 3.69. The van der Waals surface area contributed by atoms with Gasteiger partial charge in [0.1, 0.15) is 5.69 Å². The van der Waals surface area contributed by atoms with Crippen molar-refractivity contribution < 1.29 is 17.9 Å². The summed E-state index contributed by atoms with van der Waals surface area (Å²) in [4.78, 5) is 14.2. The third kappa shape index (κ3) is 3.36. The average Bonchev–Trinajstić information content (AvgIpc) is 2.91. The van der Waals surface area contributed by atoms with E-state index in [-0.39, 0.29) is 11.5 Å². The lowest BCUT2D eigenvalue weighted by molar-refractivity contribution is 0.0594. The number of sulfone groups is 1. The Bertz CT molecular complexity index is 578. The van der Waals surface area contributed by atoms with Crippen molar-refractivity contribution in [1.29, 1.82) is 0 Å². The van der Waals surface area contributed by atoms with Crippen LogP contribution < -0.4 is 5.32 Å². The van der Waals surface area contributed by atoms with Crippen molar-refractivity contribution in [3.8, 4) is 0 Å². The normalized spacial score (nSPS) is 25.4. The van der Waals surface area contributed by atoms with Crippen LogP contribution in [0.25, 0.3) is 0 Å². The highest BCUT2D eigenvalue weighted by Crippen LogP contribution is 2.23. The smallest absolute Gasteiger partial charge is 0.354 e. The minimum absolute atomic E-state index is 0.157. The van der Waals surface area contributed by atoms with E-state index >= 15 is 0 Å². The van der Waals surface area contributed by atoms with Crippen molar-refractivity contribution in [2.24, 2.45) is 0 Å². The van der Waals surface area contributed by atoms with Gasteiger partial charge in [-0.15, -0.1) is 0 Å². The molecule has 1 atom stereocenters. The first-order valence-corrected chi connectivity index (χ1v) is 7.87. The van der Waals surface area contributed by atoms with E-state index in [1.165, 1.54) is 7.11 Å². The number of carbonyl (C=O) groups excluding carboxylic acids is 1. The summed E-state index contributed by atoms with van der Waals surface area (Å²) < 4.78 is 27.6. The van der Waals surface area contributed by atoms with Crippen LogP contribution in [0.5, 0.6) is 0 Å². The zero-order chi connectivity index (χ0) is 14.1. The molecule has 1 aliphatic heterocycles. The quantitative estimate of drug-likeness (QED) is 0.785. The predicted octanol–water partition coefficient (Wildman–Crippen LogP) is 0.468. The molecular formula is C12H18N2O4S. The molecule has 6 nitrogen and oxygen atoms in total. The lowest BCUT2D eigenvalue weighted by atomic mass is 10.0. The maximum Gasteiger partial charge on any atom is 0.354 e. The fourth-order valence-electron chi connectivity index (χ4n) is 2.23. The van der Waals surface area contributed by atoms with E-state index in [0.29, 0.717) is 18.7 Å². The number of esters is 1. The molecule has 2 rings (SSSR count). The maximum absolute atomic E-state index is 11.5. The first-order chi connectivity index (χ1) is 8.84. The molecule has 0 aliphatic carbocycles. The lowest BCUT2D eigenvalue weighted by Crippen LogP contribution is -2.42. The monoisotopic (exact) mass is 286 g/mol. The second-order valence-corrected chi connectivity index (χ2v) is 7.33. The van der Waals surface area contributed by atoms with Gasteiger partial charge in [0.2, 0.25) is 0 Å². The number of hydrogen-bond acceptors (Lipinski definition) is 5. The molecule has 0 radical (unpaired) electrons. The number of aromatic nitrogens is 1. The molecule has 1 unspecified atom stereocenters. The molecule has 0 spiro atoms. The molecular weight excluding hydrogens is 268 g/mol. The molecule has 1 aromatic heterocycles. The van der Waals surface area contributed by atoms with Gasteiger partial charge >= 0.3 is 5.97 Å². The zero-order valence-electron chi connectivity index (χ0n) is 11.0. The fourth-order valence-corrected chi connectivity index (χ4v) is 4.35. The number of methoxy groups -OCH3 is 1. The molecule has 106 valence electrons. The number of rotatable bonds is 4. The summed E-state index contributed by atoms with van der Waals surface area (Å²) in [5.74, 6) is -0.0277. The molecule has 7 heteroatoms. The van der Waals surface area contributed by atoms with Crippen LogP contribution in [0.15, 0.2) is 12.1 Å². The Hall–Kier alpha value is -1.34. The highest BCUT2D eigenvalue weighted by molar-refractivity contribution is 7.91. The summed E-state index contributed by atoms with van der Waals surface area (Å²) in [5, 5.41) is 3.24. The fraction of sp³-hybridized carbons (Fsp3) is 0.583. The van der Waals surface area contributed by atoms with Crippen LogP contribution in [-0.4, -0.2) is 43.5 Å². The molecule has 1 fully saturated rings. The number of nitrogens with one attached hydrogen (secondary N) is 2. The molecule has 1 aromatic rings. The van der Waals surface area contributed by atoms with Crippen molar-refractivity contribution >= 4 is 15.8 Å². The first kappa shape index (κ1) is 14.1. The second-order valence-electron chi connectivity index (χ2n) is 5.15. The zero-order valence-corrected chi connectivity index (χ0v) is 11.8. The van der Waals surface area contributed by atoms with Crippen LogP contribution in [0.4, 0.5) is 0 Å². The van der Waals surface area contributed by atoms with Gasteiger partial charge in [0.15, 0.2) is 9.84 Å². The summed E-state index contributed by atoms with van der Waals surface area (Å²) in [6.07, 6.45) is 0.611. The van der Waals surface area contributed by atoms with Gasteiger partial charge in [-0.1, -0.05) is 0 Å². The highest BCUT2D eigenvalue weighted by Gasteiger charge is 2.37. The number of hydrogen-bond donors (Lipinski definition) is 2. The molecule has 0 amide bonds. The number of carbonyl (C=O) groups is 1. The van der Waals surface area contributed by atoms with E-state index in [4.69, 9.17) is 0 Å². The molecule has 0 aromatic carbocycles. The SMILES string of the molecule is COC(=O)c1ccc(CNC2(C)CCS(=O)(=O)C2)[nH]1. The van der Waals surface area contributed by atoms with E-state index in [9.17, 15) is 13.2 Å². The second kappa shape index (κ2) is 4.97. The average molecular weight is 286 g/mol. The van der Waals surface area contributed by atoms with Gasteiger partial charge in [-0.25, -0.2) is 13.2 Å². The largest absolute Gasteiger partial charge is 0.464 e. The predicted molar refractivity (Wildman–Crippen MR) is 70.6 cm³/mol. The van der Waals surface area contributed by atoms with Crippen LogP contribution in [0.2, 0.25) is 0 Å². The van der Waals surface area contributed by atoms with Crippen molar-refractivity contribution in [3.05, 3.63) is 23.5 Å². The van der Waals surface area contributed by atoms with Gasteiger partial charge < -0.3 is 15.0 Å². The van der Waals surface area contributed by atoms with Gasteiger partial charge in [0.25, 0.3) is 0 Å². The molecule has 1 saturated heterocycles. The van der Waals surface area contributed by atoms with Gasteiger partial charge in [0, 0.05) is 17.8 Å². The molecule has 1 aliphatic rings. The Morgan fingerprint density at radius 3 is 2.84 bits per heavy atom. The molecule has 0 saturated carbocycles. The van der Waals surface area contributed by atoms with Gasteiger partial charge in [0.05, 0.1) is 18.6 Å². The lowest BCUT2D eigenvalue weighted by Gasteiger charge is -2.23. The standard InChI is InChI=1S/C12H18N2O4S/c1-12(5-6-19(16,17)8-12)13-7-9-3-4-10(14-9)11(15)18-2/h3-4,13-14H,5-8H2,1-2H3. The minimum atomic E-state index is -2.92. The van der Waals surface area contributed by atoms with E-state index < -0.39 is 21.3 Å². The third-order valence-corrected chi connectivity index (χ3v) is 5.26. The van der Waals surface area contributed by atoms with Gasteiger partial charge in [-0.05, 0) is 25.5 Å². The van der Waals surface area contributed by atoms with E-state index in [1.807, 2.05) is 6.92 Å². The highest BCUT2D eigenvalue weighted by atomic mass is 32.2. The topological polar surface area (TPSA) is 88.3 Å². The van der Waals surface area contributed by atoms with Crippen molar-refractivity contribution in [3.63, 3.8) is 0 Å². The van der Waals surface area contributed by atoms with Crippen molar-refractivity contribution in [2.45, 2.75) is 25.4 Å². The number of aromatic amines is 1.